The van der Waals surface area contributed by atoms with Crippen LogP contribution >= 0.6 is 15.9 Å². The van der Waals surface area contributed by atoms with E-state index in [1.54, 1.807) is 6.07 Å². The maximum Gasteiger partial charge on any atom is 0.128 e. The molecule has 0 spiro atoms. The smallest absolute Gasteiger partial charge is 0.128 e. The van der Waals surface area contributed by atoms with Crippen LogP contribution in [0.4, 0.5) is 4.39 Å². The maximum absolute atomic E-state index is 13.8. The minimum absolute atomic E-state index is 0.0966. The summed E-state index contributed by atoms with van der Waals surface area (Å²) in [6, 6.07) is 5.37. The quantitative estimate of drug-likeness (QED) is 0.788. The summed E-state index contributed by atoms with van der Waals surface area (Å²) in [5, 5.41) is 0. The lowest BCUT2D eigenvalue weighted by Gasteiger charge is -2.20. The van der Waals surface area contributed by atoms with E-state index in [9.17, 15) is 4.39 Å². The highest BCUT2D eigenvalue weighted by molar-refractivity contribution is 9.10. The van der Waals surface area contributed by atoms with Crippen molar-refractivity contribution in [1.29, 1.82) is 0 Å². The van der Waals surface area contributed by atoms with Crippen molar-refractivity contribution >= 4 is 15.9 Å². The Morgan fingerprint density at radius 1 is 1.33 bits per heavy atom. The number of nitrogens with zero attached hydrogens (tertiary/aromatic N) is 1. The number of rotatable bonds is 3. The Balaban J connectivity index is 1.96. The number of hydrogen-bond acceptors (Lipinski definition) is 1. The molecule has 2 rings (SSSR count). The summed E-state index contributed by atoms with van der Waals surface area (Å²) in [5.74, 6) is 0.769. The molecule has 100 valence electrons. The third-order valence-electron chi connectivity index (χ3n) is 3.93. The lowest BCUT2D eigenvalue weighted by Crippen LogP contribution is -2.24. The molecular formula is C15H21BrFN. The van der Waals surface area contributed by atoms with Gasteiger partial charge in [-0.2, -0.15) is 0 Å². The Hall–Kier alpha value is -0.410. The molecule has 1 aromatic carbocycles. The molecule has 0 bridgehead atoms. The second-order valence-corrected chi connectivity index (χ2v) is 6.13. The van der Waals surface area contributed by atoms with Crippen molar-refractivity contribution in [2.24, 2.45) is 5.92 Å². The van der Waals surface area contributed by atoms with E-state index in [4.69, 9.17) is 0 Å². The molecule has 1 heterocycles. The first-order chi connectivity index (χ1) is 8.69. The number of hydrogen-bond donors (Lipinski definition) is 0. The van der Waals surface area contributed by atoms with Gasteiger partial charge in [0.1, 0.15) is 5.82 Å². The summed E-state index contributed by atoms with van der Waals surface area (Å²) >= 11 is 3.30. The van der Waals surface area contributed by atoms with Gasteiger partial charge >= 0.3 is 0 Å². The summed E-state index contributed by atoms with van der Waals surface area (Å²) in [6.45, 7) is 5.23. The monoisotopic (exact) mass is 313 g/mol. The van der Waals surface area contributed by atoms with Gasteiger partial charge in [0.15, 0.2) is 0 Å². The Morgan fingerprint density at radius 2 is 2.17 bits per heavy atom. The molecule has 1 saturated heterocycles. The zero-order valence-corrected chi connectivity index (χ0v) is 12.5. The fourth-order valence-electron chi connectivity index (χ4n) is 2.68. The molecule has 1 unspecified atom stereocenters. The third-order valence-corrected chi connectivity index (χ3v) is 4.42. The number of benzene rings is 1. The van der Waals surface area contributed by atoms with E-state index in [1.807, 2.05) is 12.1 Å². The van der Waals surface area contributed by atoms with Crippen molar-refractivity contribution in [2.75, 3.05) is 13.1 Å². The van der Waals surface area contributed by atoms with Crippen LogP contribution in [0.2, 0.25) is 0 Å². The first-order valence-corrected chi connectivity index (χ1v) is 7.64. The van der Waals surface area contributed by atoms with Gasteiger partial charge in [0.2, 0.25) is 0 Å². The van der Waals surface area contributed by atoms with Crippen LogP contribution in [0.15, 0.2) is 22.7 Å². The van der Waals surface area contributed by atoms with Crippen LogP contribution in [0.5, 0.6) is 0 Å². The minimum Gasteiger partial charge on any atom is -0.299 e. The molecule has 0 aliphatic carbocycles. The van der Waals surface area contributed by atoms with Crippen LogP contribution in [0.3, 0.4) is 0 Å². The van der Waals surface area contributed by atoms with Crippen molar-refractivity contribution in [3.63, 3.8) is 0 Å². The number of halogens is 2. The summed E-state index contributed by atoms with van der Waals surface area (Å²) in [6.07, 6.45) is 5.11. The van der Waals surface area contributed by atoms with Gasteiger partial charge in [0.05, 0.1) is 0 Å². The Morgan fingerprint density at radius 3 is 2.89 bits per heavy atom. The van der Waals surface area contributed by atoms with Crippen molar-refractivity contribution in [3.8, 4) is 0 Å². The van der Waals surface area contributed by atoms with Gasteiger partial charge < -0.3 is 0 Å². The first-order valence-electron chi connectivity index (χ1n) is 6.85. The first kappa shape index (κ1) is 14.0. The van der Waals surface area contributed by atoms with E-state index < -0.39 is 0 Å². The largest absolute Gasteiger partial charge is 0.299 e. The van der Waals surface area contributed by atoms with Crippen LogP contribution in [-0.2, 0) is 6.54 Å². The van der Waals surface area contributed by atoms with Gasteiger partial charge in [0.25, 0.3) is 0 Å². The highest BCUT2D eigenvalue weighted by Crippen LogP contribution is 2.22. The zero-order valence-electron chi connectivity index (χ0n) is 11.0. The molecule has 18 heavy (non-hydrogen) atoms. The molecule has 1 fully saturated rings. The molecule has 3 heteroatoms. The molecule has 1 aliphatic heterocycles. The lowest BCUT2D eigenvalue weighted by atomic mass is 9.98. The summed E-state index contributed by atoms with van der Waals surface area (Å²) in [5.41, 5.74) is 0.813. The molecule has 0 N–H and O–H groups in total. The van der Waals surface area contributed by atoms with Crippen LogP contribution in [0, 0.1) is 11.7 Å². The van der Waals surface area contributed by atoms with Gasteiger partial charge in [-0.15, -0.1) is 0 Å². The topological polar surface area (TPSA) is 3.24 Å². The average Bonchev–Trinajstić information content (AvgIpc) is 2.58. The molecule has 0 saturated carbocycles. The highest BCUT2D eigenvalue weighted by Gasteiger charge is 2.16. The van der Waals surface area contributed by atoms with Gasteiger partial charge in [0, 0.05) is 16.6 Å². The molecule has 1 aromatic rings. The zero-order chi connectivity index (χ0) is 13.0. The molecule has 1 aliphatic rings. The molecule has 0 radical (unpaired) electrons. The van der Waals surface area contributed by atoms with Crippen LogP contribution in [0.25, 0.3) is 0 Å². The average molecular weight is 314 g/mol. The fourth-order valence-corrected chi connectivity index (χ4v) is 3.02. The number of likely N-dealkylation sites (tertiary alicyclic amines) is 1. The van der Waals surface area contributed by atoms with E-state index in [-0.39, 0.29) is 5.82 Å². The normalized spacial score (nSPS) is 21.8. The second kappa shape index (κ2) is 6.67. The van der Waals surface area contributed by atoms with E-state index in [0.717, 1.165) is 35.6 Å². The van der Waals surface area contributed by atoms with E-state index in [2.05, 4.69) is 27.8 Å². The summed E-state index contributed by atoms with van der Waals surface area (Å²) < 4.78 is 14.6. The molecule has 1 atom stereocenters. The predicted molar refractivity (Wildman–Crippen MR) is 77.0 cm³/mol. The molecular weight excluding hydrogens is 293 g/mol. The van der Waals surface area contributed by atoms with Crippen molar-refractivity contribution in [3.05, 3.63) is 34.1 Å². The van der Waals surface area contributed by atoms with Gasteiger partial charge in [-0.3, -0.25) is 4.90 Å². The van der Waals surface area contributed by atoms with Crippen molar-refractivity contribution in [2.45, 2.75) is 39.2 Å². The lowest BCUT2D eigenvalue weighted by molar-refractivity contribution is 0.268. The second-order valence-electron chi connectivity index (χ2n) is 5.22. The van der Waals surface area contributed by atoms with Gasteiger partial charge in [-0.05, 0) is 50.4 Å². The molecule has 0 amide bonds. The Labute approximate surface area is 118 Å². The van der Waals surface area contributed by atoms with Crippen LogP contribution < -0.4 is 0 Å². The molecule has 0 aromatic heterocycles. The van der Waals surface area contributed by atoms with Crippen LogP contribution in [0.1, 0.15) is 38.2 Å². The summed E-state index contributed by atoms with van der Waals surface area (Å²) in [7, 11) is 0. The Bertz CT molecular complexity index is 394. The minimum atomic E-state index is -0.0966. The van der Waals surface area contributed by atoms with Gasteiger partial charge in [-0.25, -0.2) is 4.39 Å². The van der Waals surface area contributed by atoms with Crippen LogP contribution in [-0.4, -0.2) is 18.0 Å². The summed E-state index contributed by atoms with van der Waals surface area (Å²) in [4.78, 5) is 2.39. The van der Waals surface area contributed by atoms with E-state index in [0.29, 0.717) is 0 Å². The van der Waals surface area contributed by atoms with Crippen molar-refractivity contribution < 1.29 is 4.39 Å². The van der Waals surface area contributed by atoms with E-state index >= 15 is 0 Å². The fraction of sp³-hybridized carbons (Fsp3) is 0.600. The SMILES string of the molecule is CCC1CCCN(Cc2ccc(Br)cc2F)CC1. The van der Waals surface area contributed by atoms with Gasteiger partial charge in [-0.1, -0.05) is 35.3 Å². The highest BCUT2D eigenvalue weighted by atomic mass is 79.9. The maximum atomic E-state index is 13.8. The predicted octanol–water partition coefficient (Wildman–Crippen LogP) is 4.60. The third kappa shape index (κ3) is 3.79. The van der Waals surface area contributed by atoms with E-state index in [1.165, 1.54) is 25.7 Å². The standard InChI is InChI=1S/C15H21BrFN/c1-2-12-4-3-8-18(9-7-12)11-13-5-6-14(16)10-15(13)17/h5-6,10,12H,2-4,7-9,11H2,1H3. The van der Waals surface area contributed by atoms with Crippen molar-refractivity contribution in [1.82, 2.24) is 4.90 Å². The Kier molecular flexibility index (Phi) is 5.19. The molecule has 1 nitrogen and oxygen atoms in total.